The molecule has 2 rings (SSSR count). The van der Waals surface area contributed by atoms with Gasteiger partial charge in [0.05, 0.1) is 11.8 Å². The SMILES string of the molecule is CCc1ccc(CC(=O)c2ccncc2F)cc1. The molecule has 0 saturated heterocycles. The highest BCUT2D eigenvalue weighted by Gasteiger charge is 2.11. The van der Waals surface area contributed by atoms with Gasteiger partial charge in [-0.3, -0.25) is 9.78 Å². The molecule has 0 radical (unpaired) electrons. The second kappa shape index (κ2) is 5.54. The number of carbonyl (C=O) groups excluding carboxylic acids is 1. The predicted molar refractivity (Wildman–Crippen MR) is 68.0 cm³/mol. The first kappa shape index (κ1) is 12.4. The van der Waals surface area contributed by atoms with Crippen molar-refractivity contribution in [2.45, 2.75) is 19.8 Å². The standard InChI is InChI=1S/C15H14FNO/c1-2-11-3-5-12(6-4-11)9-15(18)13-7-8-17-10-14(13)16/h3-8,10H,2,9H2,1H3. The van der Waals surface area contributed by atoms with Crippen molar-refractivity contribution in [1.82, 2.24) is 4.98 Å². The van der Waals surface area contributed by atoms with E-state index in [1.54, 1.807) is 0 Å². The van der Waals surface area contributed by atoms with Crippen molar-refractivity contribution in [3.05, 3.63) is 65.2 Å². The topological polar surface area (TPSA) is 30.0 Å². The number of rotatable bonds is 4. The van der Waals surface area contributed by atoms with Crippen LogP contribution in [0.2, 0.25) is 0 Å². The number of carbonyl (C=O) groups is 1. The van der Waals surface area contributed by atoms with E-state index in [1.165, 1.54) is 17.8 Å². The zero-order chi connectivity index (χ0) is 13.0. The number of hydrogen-bond donors (Lipinski definition) is 0. The molecule has 1 aromatic carbocycles. The minimum absolute atomic E-state index is 0.101. The zero-order valence-electron chi connectivity index (χ0n) is 10.2. The third-order valence-corrected chi connectivity index (χ3v) is 2.87. The molecule has 0 aliphatic carbocycles. The van der Waals surface area contributed by atoms with Crippen LogP contribution in [-0.2, 0) is 12.8 Å². The third-order valence-electron chi connectivity index (χ3n) is 2.87. The van der Waals surface area contributed by atoms with Crippen LogP contribution < -0.4 is 0 Å². The fraction of sp³-hybridized carbons (Fsp3) is 0.200. The predicted octanol–water partition coefficient (Wildman–Crippen LogP) is 3.21. The number of Topliss-reactive ketones (excluding diaryl/α,β-unsaturated/α-hetero) is 1. The van der Waals surface area contributed by atoms with E-state index < -0.39 is 5.82 Å². The summed E-state index contributed by atoms with van der Waals surface area (Å²) < 4.78 is 13.4. The van der Waals surface area contributed by atoms with Gasteiger partial charge in [0.1, 0.15) is 0 Å². The molecule has 0 bridgehead atoms. The summed E-state index contributed by atoms with van der Waals surface area (Å²) in [4.78, 5) is 15.6. The van der Waals surface area contributed by atoms with Crippen molar-refractivity contribution in [2.24, 2.45) is 0 Å². The van der Waals surface area contributed by atoms with Crippen LogP contribution in [0.4, 0.5) is 4.39 Å². The molecule has 92 valence electrons. The van der Waals surface area contributed by atoms with Crippen LogP contribution in [-0.4, -0.2) is 10.8 Å². The van der Waals surface area contributed by atoms with Gasteiger partial charge in [-0.1, -0.05) is 31.2 Å². The van der Waals surface area contributed by atoms with Crippen molar-refractivity contribution >= 4 is 5.78 Å². The van der Waals surface area contributed by atoms with Crippen LogP contribution >= 0.6 is 0 Å². The smallest absolute Gasteiger partial charge is 0.170 e. The summed E-state index contributed by atoms with van der Waals surface area (Å²) in [5.74, 6) is -0.785. The second-order valence-electron chi connectivity index (χ2n) is 4.13. The van der Waals surface area contributed by atoms with E-state index in [1.807, 2.05) is 24.3 Å². The van der Waals surface area contributed by atoms with Crippen LogP contribution in [0, 0.1) is 5.82 Å². The lowest BCUT2D eigenvalue weighted by Crippen LogP contribution is -2.06. The summed E-state index contributed by atoms with van der Waals surface area (Å²) in [5, 5.41) is 0. The van der Waals surface area contributed by atoms with Gasteiger partial charge >= 0.3 is 0 Å². The number of benzene rings is 1. The fourth-order valence-electron chi connectivity index (χ4n) is 1.77. The maximum absolute atomic E-state index is 13.4. The molecular weight excluding hydrogens is 229 g/mol. The van der Waals surface area contributed by atoms with Gasteiger partial charge < -0.3 is 0 Å². The summed E-state index contributed by atoms with van der Waals surface area (Å²) >= 11 is 0. The molecule has 1 aromatic heterocycles. The van der Waals surface area contributed by atoms with Crippen LogP contribution in [0.3, 0.4) is 0 Å². The maximum atomic E-state index is 13.4. The van der Waals surface area contributed by atoms with E-state index >= 15 is 0 Å². The Morgan fingerprint density at radius 2 is 1.83 bits per heavy atom. The first-order chi connectivity index (χ1) is 8.70. The Labute approximate surface area is 105 Å². The highest BCUT2D eigenvalue weighted by molar-refractivity contribution is 5.97. The molecule has 0 aliphatic heterocycles. The largest absolute Gasteiger partial charge is 0.294 e. The van der Waals surface area contributed by atoms with E-state index in [4.69, 9.17) is 0 Å². The molecule has 0 N–H and O–H groups in total. The van der Waals surface area contributed by atoms with Crippen molar-refractivity contribution in [2.75, 3.05) is 0 Å². The minimum atomic E-state index is -0.562. The minimum Gasteiger partial charge on any atom is -0.294 e. The highest BCUT2D eigenvalue weighted by Crippen LogP contribution is 2.11. The number of halogens is 1. The average molecular weight is 243 g/mol. The van der Waals surface area contributed by atoms with E-state index in [2.05, 4.69) is 11.9 Å². The van der Waals surface area contributed by atoms with Crippen LogP contribution in [0.5, 0.6) is 0 Å². The van der Waals surface area contributed by atoms with E-state index in [-0.39, 0.29) is 17.8 Å². The molecule has 0 aliphatic rings. The van der Waals surface area contributed by atoms with Crippen molar-refractivity contribution in [1.29, 1.82) is 0 Å². The molecule has 18 heavy (non-hydrogen) atoms. The fourth-order valence-corrected chi connectivity index (χ4v) is 1.77. The quantitative estimate of drug-likeness (QED) is 0.772. The van der Waals surface area contributed by atoms with Gasteiger partial charge in [0.25, 0.3) is 0 Å². The molecule has 0 fully saturated rings. The van der Waals surface area contributed by atoms with Gasteiger partial charge in [0.15, 0.2) is 11.6 Å². The number of aromatic nitrogens is 1. The molecule has 0 saturated carbocycles. The Morgan fingerprint density at radius 3 is 2.44 bits per heavy atom. The summed E-state index contributed by atoms with van der Waals surface area (Å²) in [6.07, 6.45) is 3.67. The van der Waals surface area contributed by atoms with Crippen molar-refractivity contribution in [3.8, 4) is 0 Å². The number of aryl methyl sites for hydroxylation is 1. The zero-order valence-corrected chi connectivity index (χ0v) is 10.2. The number of hydrogen-bond acceptors (Lipinski definition) is 2. The Morgan fingerprint density at radius 1 is 1.17 bits per heavy atom. The molecule has 0 atom stereocenters. The monoisotopic (exact) mass is 243 g/mol. The summed E-state index contributed by atoms with van der Waals surface area (Å²) in [5.41, 5.74) is 2.22. The van der Waals surface area contributed by atoms with Crippen molar-refractivity contribution in [3.63, 3.8) is 0 Å². The van der Waals surface area contributed by atoms with E-state index in [0.717, 1.165) is 18.2 Å². The Kier molecular flexibility index (Phi) is 3.82. The Hall–Kier alpha value is -2.03. The van der Waals surface area contributed by atoms with Gasteiger partial charge in [-0.15, -0.1) is 0 Å². The number of ketones is 1. The second-order valence-corrected chi connectivity index (χ2v) is 4.13. The summed E-state index contributed by atoms with van der Waals surface area (Å²) in [6, 6.07) is 9.22. The number of pyridine rings is 1. The average Bonchev–Trinajstić information content (AvgIpc) is 2.40. The van der Waals surface area contributed by atoms with Gasteiger partial charge in [-0.05, 0) is 23.6 Å². The Bertz CT molecular complexity index is 549. The molecule has 2 nitrogen and oxygen atoms in total. The molecule has 2 aromatic rings. The normalized spacial score (nSPS) is 10.3. The maximum Gasteiger partial charge on any atom is 0.170 e. The summed E-state index contributed by atoms with van der Waals surface area (Å²) in [7, 11) is 0. The molecule has 1 heterocycles. The van der Waals surface area contributed by atoms with Gasteiger partial charge in [0.2, 0.25) is 0 Å². The molecule has 0 spiro atoms. The van der Waals surface area contributed by atoms with E-state index in [9.17, 15) is 9.18 Å². The van der Waals surface area contributed by atoms with Crippen molar-refractivity contribution < 1.29 is 9.18 Å². The molecule has 0 unspecified atom stereocenters. The number of nitrogens with zero attached hydrogens (tertiary/aromatic N) is 1. The molecule has 0 amide bonds. The van der Waals surface area contributed by atoms with Crippen LogP contribution in [0.15, 0.2) is 42.7 Å². The third kappa shape index (κ3) is 2.80. The first-order valence-electron chi connectivity index (χ1n) is 5.91. The van der Waals surface area contributed by atoms with Crippen LogP contribution in [0.1, 0.15) is 28.4 Å². The first-order valence-corrected chi connectivity index (χ1v) is 5.91. The van der Waals surface area contributed by atoms with Gasteiger partial charge in [0, 0.05) is 12.6 Å². The molecule has 3 heteroatoms. The van der Waals surface area contributed by atoms with Crippen LogP contribution in [0.25, 0.3) is 0 Å². The van der Waals surface area contributed by atoms with Gasteiger partial charge in [-0.25, -0.2) is 4.39 Å². The Balaban J connectivity index is 2.14. The lowest BCUT2D eigenvalue weighted by atomic mass is 10.0. The van der Waals surface area contributed by atoms with Gasteiger partial charge in [-0.2, -0.15) is 0 Å². The summed E-state index contributed by atoms with van der Waals surface area (Å²) in [6.45, 7) is 2.08. The lowest BCUT2D eigenvalue weighted by Gasteiger charge is -2.03. The molecular formula is C15H14FNO. The lowest BCUT2D eigenvalue weighted by molar-refractivity contribution is 0.0989. The van der Waals surface area contributed by atoms with E-state index in [0.29, 0.717) is 0 Å². The highest BCUT2D eigenvalue weighted by atomic mass is 19.1.